The standard InChI is InChI=1S/C15H27N3O3/c1-11-4-5-18(10-12(11)2)15(21)17-8-6-16(7-9-17)13(3)14(19)20/h11-13H,4-10H2,1-3H3,(H,19,20). The molecule has 0 bridgehead atoms. The highest BCUT2D eigenvalue weighted by molar-refractivity contribution is 5.75. The number of carbonyl (C=O) groups is 2. The summed E-state index contributed by atoms with van der Waals surface area (Å²) in [7, 11) is 0. The van der Waals surface area contributed by atoms with Gasteiger partial charge in [-0.15, -0.1) is 0 Å². The number of likely N-dealkylation sites (tertiary alicyclic amines) is 1. The molecule has 0 aromatic heterocycles. The fourth-order valence-electron chi connectivity index (χ4n) is 3.09. The van der Waals surface area contributed by atoms with Gasteiger partial charge in [0.1, 0.15) is 6.04 Å². The molecule has 3 atom stereocenters. The van der Waals surface area contributed by atoms with Crippen molar-refractivity contribution < 1.29 is 14.7 Å². The summed E-state index contributed by atoms with van der Waals surface area (Å²) in [5.41, 5.74) is 0. The quantitative estimate of drug-likeness (QED) is 0.831. The van der Waals surface area contributed by atoms with E-state index in [-0.39, 0.29) is 6.03 Å². The minimum atomic E-state index is -0.798. The summed E-state index contributed by atoms with van der Waals surface area (Å²) >= 11 is 0. The lowest BCUT2D eigenvalue weighted by atomic mass is 9.89. The third-order valence-electron chi connectivity index (χ3n) is 5.09. The SMILES string of the molecule is CC1CCN(C(=O)N2CCN(C(C)C(=O)O)CC2)CC1C. The molecule has 2 rings (SSSR count). The first-order chi connectivity index (χ1) is 9.90. The summed E-state index contributed by atoms with van der Waals surface area (Å²) in [6.07, 6.45) is 1.07. The van der Waals surface area contributed by atoms with Crippen LogP contribution in [-0.4, -0.2) is 77.1 Å². The van der Waals surface area contributed by atoms with Crippen molar-refractivity contribution in [1.29, 1.82) is 0 Å². The molecule has 0 saturated carbocycles. The van der Waals surface area contributed by atoms with Crippen LogP contribution in [0.2, 0.25) is 0 Å². The normalized spacial score (nSPS) is 29.3. The van der Waals surface area contributed by atoms with Gasteiger partial charge in [0.05, 0.1) is 0 Å². The maximum Gasteiger partial charge on any atom is 0.320 e. The number of carbonyl (C=O) groups excluding carboxylic acids is 1. The van der Waals surface area contributed by atoms with Gasteiger partial charge in [0.15, 0.2) is 0 Å². The van der Waals surface area contributed by atoms with Gasteiger partial charge in [-0.3, -0.25) is 9.69 Å². The Hall–Kier alpha value is -1.30. The first-order valence-electron chi connectivity index (χ1n) is 7.91. The minimum Gasteiger partial charge on any atom is -0.480 e. The summed E-state index contributed by atoms with van der Waals surface area (Å²) in [4.78, 5) is 29.3. The number of aliphatic carboxylic acids is 1. The number of piperazine rings is 1. The molecule has 0 aromatic rings. The Morgan fingerprint density at radius 2 is 1.62 bits per heavy atom. The molecule has 6 nitrogen and oxygen atoms in total. The van der Waals surface area contributed by atoms with Crippen LogP contribution in [0, 0.1) is 11.8 Å². The predicted molar refractivity (Wildman–Crippen MR) is 80.2 cm³/mol. The molecular weight excluding hydrogens is 270 g/mol. The van der Waals surface area contributed by atoms with Gasteiger partial charge in [-0.05, 0) is 25.2 Å². The first kappa shape index (κ1) is 16.1. The number of carboxylic acids is 1. The van der Waals surface area contributed by atoms with E-state index in [1.807, 2.05) is 14.7 Å². The predicted octanol–water partition coefficient (Wildman–Crippen LogP) is 1.17. The van der Waals surface area contributed by atoms with E-state index in [1.165, 1.54) is 0 Å². The van der Waals surface area contributed by atoms with E-state index >= 15 is 0 Å². The second kappa shape index (κ2) is 6.64. The second-order valence-electron chi connectivity index (χ2n) is 6.51. The molecule has 0 aromatic carbocycles. The number of rotatable bonds is 2. The zero-order chi connectivity index (χ0) is 15.6. The molecule has 1 N–H and O–H groups in total. The Morgan fingerprint density at radius 1 is 1.00 bits per heavy atom. The fourth-order valence-corrected chi connectivity index (χ4v) is 3.09. The highest BCUT2D eigenvalue weighted by Gasteiger charge is 2.32. The molecular formula is C15H27N3O3. The summed E-state index contributed by atoms with van der Waals surface area (Å²) in [5.74, 6) is 0.437. The summed E-state index contributed by atoms with van der Waals surface area (Å²) < 4.78 is 0. The zero-order valence-corrected chi connectivity index (χ0v) is 13.3. The van der Waals surface area contributed by atoms with Crippen LogP contribution in [0.3, 0.4) is 0 Å². The second-order valence-corrected chi connectivity index (χ2v) is 6.51. The third kappa shape index (κ3) is 3.67. The summed E-state index contributed by atoms with van der Waals surface area (Å²) in [5, 5.41) is 9.04. The number of amides is 2. The molecule has 2 fully saturated rings. The number of nitrogens with zero attached hydrogens (tertiary/aromatic N) is 3. The largest absolute Gasteiger partial charge is 0.480 e. The number of hydrogen-bond acceptors (Lipinski definition) is 3. The lowest BCUT2D eigenvalue weighted by Gasteiger charge is -2.41. The Balaban J connectivity index is 1.84. The minimum absolute atomic E-state index is 0.122. The molecule has 2 heterocycles. The summed E-state index contributed by atoms with van der Waals surface area (Å²) in [6, 6.07) is -0.352. The number of piperidine rings is 1. The average molecular weight is 297 g/mol. The van der Waals surface area contributed by atoms with Crippen LogP contribution in [0.25, 0.3) is 0 Å². The van der Waals surface area contributed by atoms with Gasteiger partial charge in [0.25, 0.3) is 0 Å². The number of urea groups is 1. The van der Waals surface area contributed by atoms with Crippen molar-refractivity contribution in [2.45, 2.75) is 33.2 Å². The van der Waals surface area contributed by atoms with E-state index < -0.39 is 12.0 Å². The van der Waals surface area contributed by atoms with Crippen LogP contribution in [0.4, 0.5) is 4.79 Å². The van der Waals surface area contributed by atoms with Gasteiger partial charge in [-0.1, -0.05) is 13.8 Å². The van der Waals surface area contributed by atoms with Gasteiger partial charge < -0.3 is 14.9 Å². The third-order valence-corrected chi connectivity index (χ3v) is 5.09. The molecule has 2 aliphatic rings. The van der Waals surface area contributed by atoms with E-state index in [0.717, 1.165) is 19.5 Å². The Kier molecular flexibility index (Phi) is 5.08. The van der Waals surface area contributed by atoms with Gasteiger partial charge >= 0.3 is 12.0 Å². The van der Waals surface area contributed by atoms with E-state index in [9.17, 15) is 9.59 Å². The lowest BCUT2D eigenvalue weighted by molar-refractivity contribution is -0.143. The lowest BCUT2D eigenvalue weighted by Crippen LogP contribution is -2.57. The van der Waals surface area contributed by atoms with Crippen LogP contribution < -0.4 is 0 Å². The van der Waals surface area contributed by atoms with E-state index in [0.29, 0.717) is 38.0 Å². The highest BCUT2D eigenvalue weighted by Crippen LogP contribution is 2.23. The van der Waals surface area contributed by atoms with Crippen molar-refractivity contribution >= 4 is 12.0 Å². The fraction of sp³-hybridized carbons (Fsp3) is 0.867. The smallest absolute Gasteiger partial charge is 0.320 e. The maximum atomic E-state index is 12.5. The molecule has 21 heavy (non-hydrogen) atoms. The zero-order valence-electron chi connectivity index (χ0n) is 13.3. The monoisotopic (exact) mass is 297 g/mol. The molecule has 2 aliphatic heterocycles. The van der Waals surface area contributed by atoms with Crippen LogP contribution >= 0.6 is 0 Å². The number of hydrogen-bond donors (Lipinski definition) is 1. The van der Waals surface area contributed by atoms with Gasteiger partial charge in [-0.25, -0.2) is 4.79 Å². The first-order valence-corrected chi connectivity index (χ1v) is 7.91. The average Bonchev–Trinajstić information content (AvgIpc) is 2.48. The van der Waals surface area contributed by atoms with E-state index in [2.05, 4.69) is 13.8 Å². The Labute approximate surface area is 126 Å². The van der Waals surface area contributed by atoms with Crippen molar-refractivity contribution in [2.75, 3.05) is 39.3 Å². The topological polar surface area (TPSA) is 64.1 Å². The Bertz CT molecular complexity index is 394. The number of carboxylic acid groups (broad SMARTS) is 1. The Morgan fingerprint density at radius 3 is 2.14 bits per heavy atom. The molecule has 120 valence electrons. The molecule has 2 amide bonds. The van der Waals surface area contributed by atoms with E-state index in [4.69, 9.17) is 5.11 Å². The maximum absolute atomic E-state index is 12.5. The molecule has 6 heteroatoms. The van der Waals surface area contributed by atoms with Crippen molar-refractivity contribution in [3.63, 3.8) is 0 Å². The summed E-state index contributed by atoms with van der Waals surface area (Å²) in [6.45, 7) is 10.4. The molecule has 3 unspecified atom stereocenters. The van der Waals surface area contributed by atoms with Crippen molar-refractivity contribution in [3.8, 4) is 0 Å². The van der Waals surface area contributed by atoms with Gasteiger partial charge in [0, 0.05) is 39.3 Å². The molecule has 2 saturated heterocycles. The molecule has 0 spiro atoms. The van der Waals surface area contributed by atoms with Crippen LogP contribution in [0.1, 0.15) is 27.2 Å². The molecule has 0 aliphatic carbocycles. The van der Waals surface area contributed by atoms with Crippen LogP contribution in [-0.2, 0) is 4.79 Å². The van der Waals surface area contributed by atoms with Crippen molar-refractivity contribution in [1.82, 2.24) is 14.7 Å². The molecule has 0 radical (unpaired) electrons. The van der Waals surface area contributed by atoms with Crippen LogP contribution in [0.15, 0.2) is 0 Å². The van der Waals surface area contributed by atoms with Crippen molar-refractivity contribution in [3.05, 3.63) is 0 Å². The van der Waals surface area contributed by atoms with Crippen LogP contribution in [0.5, 0.6) is 0 Å². The van der Waals surface area contributed by atoms with Gasteiger partial charge in [-0.2, -0.15) is 0 Å². The highest BCUT2D eigenvalue weighted by atomic mass is 16.4. The van der Waals surface area contributed by atoms with E-state index in [1.54, 1.807) is 6.92 Å². The van der Waals surface area contributed by atoms with Crippen molar-refractivity contribution in [2.24, 2.45) is 11.8 Å². The van der Waals surface area contributed by atoms with Gasteiger partial charge in [0.2, 0.25) is 0 Å².